The molecule has 1 saturated carbocycles. The molecule has 1 N–H and O–H groups in total. The van der Waals surface area contributed by atoms with Crippen LogP contribution < -0.4 is 5.32 Å². The first-order chi connectivity index (χ1) is 8.29. The second-order valence-corrected chi connectivity index (χ2v) is 4.88. The van der Waals surface area contributed by atoms with Crippen molar-refractivity contribution in [2.24, 2.45) is 0 Å². The van der Waals surface area contributed by atoms with Gasteiger partial charge in [0.05, 0.1) is 6.10 Å². The monoisotopic (exact) mass is 234 g/mol. The second-order valence-electron chi connectivity index (χ2n) is 4.88. The van der Waals surface area contributed by atoms with E-state index in [1.807, 2.05) is 19.5 Å². The van der Waals surface area contributed by atoms with Crippen LogP contribution in [0.4, 0.5) is 0 Å². The van der Waals surface area contributed by atoms with E-state index in [1.54, 1.807) is 0 Å². The molecule has 3 heteroatoms. The van der Waals surface area contributed by atoms with Crippen molar-refractivity contribution in [3.8, 4) is 0 Å². The van der Waals surface area contributed by atoms with Gasteiger partial charge in [0.2, 0.25) is 0 Å². The van der Waals surface area contributed by atoms with Gasteiger partial charge in [0.25, 0.3) is 0 Å². The van der Waals surface area contributed by atoms with Gasteiger partial charge in [-0.25, -0.2) is 0 Å². The van der Waals surface area contributed by atoms with Crippen molar-refractivity contribution in [1.29, 1.82) is 0 Å². The molecule has 0 bridgehead atoms. The standard InChI is InChI=1S/C14H22N2O/c1-11(12-7-9-15-10-8-12)16-13-3-5-14(17-2)6-4-13/h7-11,13-14,16H,3-6H2,1-2H3/t11-,13?,14?/m1/s1. The highest BCUT2D eigenvalue weighted by Gasteiger charge is 2.21. The lowest BCUT2D eigenvalue weighted by Crippen LogP contribution is -2.36. The molecule has 1 aromatic rings. The van der Waals surface area contributed by atoms with Crippen molar-refractivity contribution in [2.75, 3.05) is 7.11 Å². The summed E-state index contributed by atoms with van der Waals surface area (Å²) in [7, 11) is 1.82. The van der Waals surface area contributed by atoms with Gasteiger partial charge in [0, 0.05) is 31.6 Å². The van der Waals surface area contributed by atoms with Crippen molar-refractivity contribution in [2.45, 2.75) is 50.8 Å². The SMILES string of the molecule is COC1CCC(N[C@H](C)c2ccncc2)CC1. The van der Waals surface area contributed by atoms with Crippen molar-refractivity contribution >= 4 is 0 Å². The Labute approximate surface area is 104 Å². The Morgan fingerprint density at radius 1 is 1.24 bits per heavy atom. The smallest absolute Gasteiger partial charge is 0.0572 e. The summed E-state index contributed by atoms with van der Waals surface area (Å²) < 4.78 is 5.39. The summed E-state index contributed by atoms with van der Waals surface area (Å²) in [5.74, 6) is 0. The highest BCUT2D eigenvalue weighted by Crippen LogP contribution is 2.23. The number of hydrogen-bond acceptors (Lipinski definition) is 3. The van der Waals surface area contributed by atoms with Crippen LogP contribution in [0.25, 0.3) is 0 Å². The van der Waals surface area contributed by atoms with Crippen molar-refractivity contribution in [3.63, 3.8) is 0 Å². The Hall–Kier alpha value is -0.930. The van der Waals surface area contributed by atoms with Crippen LogP contribution in [0, 0.1) is 0 Å². The Bertz CT molecular complexity index is 320. The van der Waals surface area contributed by atoms with E-state index in [1.165, 1.54) is 31.2 Å². The molecule has 1 heterocycles. The van der Waals surface area contributed by atoms with Crippen LogP contribution in [0.5, 0.6) is 0 Å². The van der Waals surface area contributed by atoms with E-state index in [2.05, 4.69) is 29.4 Å². The van der Waals surface area contributed by atoms with E-state index < -0.39 is 0 Å². The number of nitrogens with one attached hydrogen (secondary N) is 1. The first-order valence-corrected chi connectivity index (χ1v) is 6.48. The van der Waals surface area contributed by atoms with Gasteiger partial charge in [-0.3, -0.25) is 4.98 Å². The second kappa shape index (κ2) is 6.12. The number of pyridine rings is 1. The zero-order chi connectivity index (χ0) is 12.1. The third-order valence-electron chi connectivity index (χ3n) is 3.70. The van der Waals surface area contributed by atoms with Gasteiger partial charge in [-0.05, 0) is 50.3 Å². The molecule has 1 aliphatic carbocycles. The fraction of sp³-hybridized carbons (Fsp3) is 0.643. The van der Waals surface area contributed by atoms with E-state index in [-0.39, 0.29) is 0 Å². The molecule has 2 rings (SSSR count). The number of methoxy groups -OCH3 is 1. The molecule has 1 atom stereocenters. The van der Waals surface area contributed by atoms with Gasteiger partial charge >= 0.3 is 0 Å². The van der Waals surface area contributed by atoms with Crippen LogP contribution in [0.1, 0.15) is 44.2 Å². The van der Waals surface area contributed by atoms with Gasteiger partial charge < -0.3 is 10.1 Å². The molecule has 1 fully saturated rings. The van der Waals surface area contributed by atoms with Crippen LogP contribution in [-0.2, 0) is 4.74 Å². The number of ether oxygens (including phenoxy) is 1. The summed E-state index contributed by atoms with van der Waals surface area (Å²) in [4.78, 5) is 4.05. The topological polar surface area (TPSA) is 34.1 Å². The van der Waals surface area contributed by atoms with Crippen LogP contribution >= 0.6 is 0 Å². The largest absolute Gasteiger partial charge is 0.381 e. The first-order valence-electron chi connectivity index (χ1n) is 6.48. The molecule has 1 aliphatic rings. The minimum atomic E-state index is 0.405. The van der Waals surface area contributed by atoms with Crippen molar-refractivity contribution in [1.82, 2.24) is 10.3 Å². The molecule has 0 aliphatic heterocycles. The average molecular weight is 234 g/mol. The van der Waals surface area contributed by atoms with Crippen molar-refractivity contribution in [3.05, 3.63) is 30.1 Å². The third-order valence-corrected chi connectivity index (χ3v) is 3.70. The Balaban J connectivity index is 1.82. The molecule has 1 aromatic heterocycles. The molecule has 0 saturated heterocycles. The zero-order valence-corrected chi connectivity index (χ0v) is 10.7. The molecule has 94 valence electrons. The molecule has 0 unspecified atom stereocenters. The molecule has 17 heavy (non-hydrogen) atoms. The predicted molar refractivity (Wildman–Crippen MR) is 68.8 cm³/mol. The maximum atomic E-state index is 5.39. The first kappa shape index (κ1) is 12.5. The molecular formula is C14H22N2O. The fourth-order valence-corrected chi connectivity index (χ4v) is 2.57. The lowest BCUT2D eigenvalue weighted by atomic mass is 9.92. The van der Waals surface area contributed by atoms with Gasteiger partial charge in [-0.1, -0.05) is 0 Å². The molecule has 0 radical (unpaired) electrons. The minimum Gasteiger partial charge on any atom is -0.381 e. The Morgan fingerprint density at radius 2 is 1.88 bits per heavy atom. The van der Waals surface area contributed by atoms with E-state index in [9.17, 15) is 0 Å². The Morgan fingerprint density at radius 3 is 2.47 bits per heavy atom. The number of hydrogen-bond donors (Lipinski definition) is 1. The van der Waals surface area contributed by atoms with E-state index in [4.69, 9.17) is 4.74 Å². The number of rotatable bonds is 4. The van der Waals surface area contributed by atoms with Gasteiger partial charge in [0.1, 0.15) is 0 Å². The van der Waals surface area contributed by atoms with Gasteiger partial charge in [-0.2, -0.15) is 0 Å². The van der Waals surface area contributed by atoms with E-state index in [0.717, 1.165) is 0 Å². The summed E-state index contributed by atoms with van der Waals surface area (Å²) in [5.41, 5.74) is 1.31. The maximum absolute atomic E-state index is 5.39. The minimum absolute atomic E-state index is 0.405. The maximum Gasteiger partial charge on any atom is 0.0572 e. The Kier molecular flexibility index (Phi) is 4.51. The summed E-state index contributed by atoms with van der Waals surface area (Å²) in [5, 5.41) is 3.70. The number of aromatic nitrogens is 1. The molecule has 0 aromatic carbocycles. The normalized spacial score (nSPS) is 26.7. The molecule has 0 spiro atoms. The number of nitrogens with zero attached hydrogens (tertiary/aromatic N) is 1. The lowest BCUT2D eigenvalue weighted by molar-refractivity contribution is 0.0614. The highest BCUT2D eigenvalue weighted by atomic mass is 16.5. The highest BCUT2D eigenvalue weighted by molar-refractivity contribution is 5.14. The van der Waals surface area contributed by atoms with Crippen LogP contribution in [0.3, 0.4) is 0 Å². The van der Waals surface area contributed by atoms with Gasteiger partial charge in [-0.15, -0.1) is 0 Å². The summed E-state index contributed by atoms with van der Waals surface area (Å²) >= 11 is 0. The summed E-state index contributed by atoms with van der Waals surface area (Å²) in [6.45, 7) is 2.22. The molecular weight excluding hydrogens is 212 g/mol. The third kappa shape index (κ3) is 3.51. The average Bonchev–Trinajstić information content (AvgIpc) is 2.40. The summed E-state index contributed by atoms with van der Waals surface area (Å²) in [6, 6.07) is 5.20. The quantitative estimate of drug-likeness (QED) is 0.869. The zero-order valence-electron chi connectivity index (χ0n) is 10.7. The predicted octanol–water partition coefficient (Wildman–Crippen LogP) is 2.69. The fourth-order valence-electron chi connectivity index (χ4n) is 2.57. The van der Waals surface area contributed by atoms with Gasteiger partial charge in [0.15, 0.2) is 0 Å². The van der Waals surface area contributed by atoms with E-state index >= 15 is 0 Å². The van der Waals surface area contributed by atoms with Crippen molar-refractivity contribution < 1.29 is 4.74 Å². The summed E-state index contributed by atoms with van der Waals surface area (Å²) in [6.07, 6.45) is 8.98. The molecule has 3 nitrogen and oxygen atoms in total. The lowest BCUT2D eigenvalue weighted by Gasteiger charge is -2.30. The van der Waals surface area contributed by atoms with Crippen LogP contribution in [0.15, 0.2) is 24.5 Å². The van der Waals surface area contributed by atoms with Crippen LogP contribution in [-0.4, -0.2) is 24.2 Å². The van der Waals surface area contributed by atoms with Crippen LogP contribution in [0.2, 0.25) is 0 Å². The van der Waals surface area contributed by atoms with E-state index in [0.29, 0.717) is 18.2 Å². The molecule has 0 amide bonds.